The van der Waals surface area contributed by atoms with Crippen LogP contribution < -0.4 is 21.1 Å². The van der Waals surface area contributed by atoms with Crippen LogP contribution in [0.3, 0.4) is 0 Å². The average molecular weight is 331 g/mol. The Balaban J connectivity index is 2.13. The number of amides is 3. The van der Waals surface area contributed by atoms with Gasteiger partial charge in [0.1, 0.15) is 5.75 Å². The average Bonchev–Trinajstić information content (AvgIpc) is 2.85. The molecule has 1 heterocycles. The highest BCUT2D eigenvalue weighted by atomic mass is 16.5. The van der Waals surface area contributed by atoms with E-state index in [2.05, 4.69) is 15.7 Å². The van der Waals surface area contributed by atoms with Gasteiger partial charge in [0, 0.05) is 24.4 Å². The van der Waals surface area contributed by atoms with Gasteiger partial charge in [-0.05, 0) is 32.0 Å². The van der Waals surface area contributed by atoms with Crippen LogP contribution in [0.5, 0.6) is 5.75 Å². The van der Waals surface area contributed by atoms with E-state index < -0.39 is 11.9 Å². The summed E-state index contributed by atoms with van der Waals surface area (Å²) in [5.41, 5.74) is 7.67. The lowest BCUT2D eigenvalue weighted by atomic mass is 10.1. The molecule has 2 aromatic rings. The fraction of sp³-hybridized carbons (Fsp3) is 0.312. The van der Waals surface area contributed by atoms with Crippen LogP contribution in [0.4, 0.5) is 10.5 Å². The maximum Gasteiger partial charge on any atom is 0.319 e. The number of nitrogens with one attached hydrogen (secondary N) is 2. The highest BCUT2D eigenvalue weighted by molar-refractivity contribution is 5.97. The first-order valence-corrected chi connectivity index (χ1v) is 7.37. The highest BCUT2D eigenvalue weighted by Crippen LogP contribution is 2.25. The third kappa shape index (κ3) is 3.83. The number of nitrogens with zero attached hydrogens (tertiary/aromatic N) is 2. The minimum Gasteiger partial charge on any atom is -0.495 e. The molecule has 1 atom stereocenters. The first-order valence-electron chi connectivity index (χ1n) is 7.37. The monoisotopic (exact) mass is 331 g/mol. The Bertz CT molecular complexity index is 769. The summed E-state index contributed by atoms with van der Waals surface area (Å²) in [5, 5.41) is 9.75. The molecule has 4 N–H and O–H groups in total. The van der Waals surface area contributed by atoms with Gasteiger partial charge >= 0.3 is 6.03 Å². The number of aryl methyl sites for hydroxylation is 2. The summed E-state index contributed by atoms with van der Waals surface area (Å²) >= 11 is 0. The van der Waals surface area contributed by atoms with Gasteiger partial charge in [-0.25, -0.2) is 4.79 Å². The number of rotatable bonds is 5. The van der Waals surface area contributed by atoms with Crippen LogP contribution in [0, 0.1) is 6.92 Å². The smallest absolute Gasteiger partial charge is 0.319 e. The van der Waals surface area contributed by atoms with Crippen molar-refractivity contribution >= 4 is 17.6 Å². The molecule has 3 amide bonds. The molecule has 0 saturated carbocycles. The second-order valence-corrected chi connectivity index (χ2v) is 5.44. The lowest BCUT2D eigenvalue weighted by Gasteiger charge is -2.16. The number of hydrogen-bond donors (Lipinski definition) is 3. The zero-order valence-corrected chi connectivity index (χ0v) is 14.1. The van der Waals surface area contributed by atoms with Crippen LogP contribution in [0.25, 0.3) is 0 Å². The highest BCUT2D eigenvalue weighted by Gasteiger charge is 2.16. The molecule has 0 spiro atoms. The first-order chi connectivity index (χ1) is 11.3. The van der Waals surface area contributed by atoms with Crippen molar-refractivity contribution in [2.75, 3.05) is 12.4 Å². The molecule has 0 aliphatic rings. The first kappa shape index (κ1) is 17.3. The van der Waals surface area contributed by atoms with Crippen molar-refractivity contribution in [3.8, 4) is 5.75 Å². The molecule has 8 nitrogen and oxygen atoms in total. The second-order valence-electron chi connectivity index (χ2n) is 5.44. The van der Waals surface area contributed by atoms with Gasteiger partial charge in [0.25, 0.3) is 0 Å². The van der Waals surface area contributed by atoms with Gasteiger partial charge in [0.15, 0.2) is 0 Å². The Morgan fingerprint density at radius 3 is 2.62 bits per heavy atom. The lowest BCUT2D eigenvalue weighted by Crippen LogP contribution is -2.31. The SMILES string of the molecule is COc1ccc(C(N)=O)cc1NC(=O)N[C@@H](C)c1cn(C)nc1C. The molecule has 128 valence electrons. The summed E-state index contributed by atoms with van der Waals surface area (Å²) in [6.07, 6.45) is 1.86. The molecule has 24 heavy (non-hydrogen) atoms. The third-order valence-corrected chi connectivity index (χ3v) is 3.60. The van der Waals surface area contributed by atoms with E-state index in [9.17, 15) is 9.59 Å². The number of ether oxygens (including phenoxy) is 1. The number of hydrogen-bond acceptors (Lipinski definition) is 4. The van der Waals surface area contributed by atoms with Crippen LogP contribution in [-0.4, -0.2) is 28.8 Å². The molecule has 1 aromatic heterocycles. The van der Waals surface area contributed by atoms with Crippen LogP contribution in [0.15, 0.2) is 24.4 Å². The topological polar surface area (TPSA) is 111 Å². The molecule has 0 bridgehead atoms. The van der Waals surface area contributed by atoms with E-state index in [4.69, 9.17) is 10.5 Å². The van der Waals surface area contributed by atoms with Gasteiger partial charge < -0.3 is 21.1 Å². The number of nitrogens with two attached hydrogens (primary N) is 1. The summed E-state index contributed by atoms with van der Waals surface area (Å²) in [6.45, 7) is 3.74. The van der Waals surface area contributed by atoms with Crippen LogP contribution in [0.2, 0.25) is 0 Å². The van der Waals surface area contributed by atoms with Crippen molar-refractivity contribution < 1.29 is 14.3 Å². The number of carbonyl (C=O) groups is 2. The Labute approximate surface area is 140 Å². The Hall–Kier alpha value is -3.03. The van der Waals surface area contributed by atoms with Crippen LogP contribution in [0.1, 0.15) is 34.6 Å². The zero-order valence-electron chi connectivity index (χ0n) is 14.1. The van der Waals surface area contributed by atoms with E-state index >= 15 is 0 Å². The third-order valence-electron chi connectivity index (χ3n) is 3.60. The van der Waals surface area contributed by atoms with E-state index in [1.54, 1.807) is 10.7 Å². The van der Waals surface area contributed by atoms with Gasteiger partial charge in [-0.1, -0.05) is 0 Å². The molecule has 1 aromatic carbocycles. The summed E-state index contributed by atoms with van der Waals surface area (Å²) in [5.74, 6) is -0.152. The van der Waals surface area contributed by atoms with E-state index in [0.29, 0.717) is 11.4 Å². The fourth-order valence-electron chi connectivity index (χ4n) is 2.43. The van der Waals surface area contributed by atoms with Gasteiger partial charge in [0.05, 0.1) is 24.5 Å². The maximum absolute atomic E-state index is 12.2. The summed E-state index contributed by atoms with van der Waals surface area (Å²) < 4.78 is 6.88. The fourth-order valence-corrected chi connectivity index (χ4v) is 2.43. The van der Waals surface area contributed by atoms with Gasteiger partial charge in [-0.3, -0.25) is 9.48 Å². The maximum atomic E-state index is 12.2. The number of anilines is 1. The van der Waals surface area contributed by atoms with Crippen molar-refractivity contribution in [3.63, 3.8) is 0 Å². The molecule has 8 heteroatoms. The summed E-state index contributed by atoms with van der Waals surface area (Å²) in [4.78, 5) is 23.5. The van der Waals surface area contributed by atoms with Crippen molar-refractivity contribution in [2.24, 2.45) is 12.8 Å². The number of primary amides is 1. The van der Waals surface area contributed by atoms with Crippen molar-refractivity contribution in [1.29, 1.82) is 0 Å². The standard InChI is InChI=1S/C16H21N5O3/c1-9(12-8-21(3)20-10(12)2)18-16(23)19-13-7-11(15(17)22)5-6-14(13)24-4/h5-9H,1-4H3,(H2,17,22)(H2,18,19,23)/t9-/m0/s1. The molecular weight excluding hydrogens is 310 g/mol. The molecule has 0 radical (unpaired) electrons. The molecule has 0 fully saturated rings. The Morgan fingerprint density at radius 2 is 2.08 bits per heavy atom. The van der Waals surface area contributed by atoms with E-state index in [1.165, 1.54) is 19.2 Å². The molecular formula is C16H21N5O3. The molecule has 0 saturated heterocycles. The zero-order chi connectivity index (χ0) is 17.9. The van der Waals surface area contributed by atoms with Gasteiger partial charge in [-0.2, -0.15) is 5.10 Å². The minimum absolute atomic E-state index is 0.232. The number of urea groups is 1. The van der Waals surface area contributed by atoms with E-state index in [0.717, 1.165) is 11.3 Å². The van der Waals surface area contributed by atoms with E-state index in [-0.39, 0.29) is 11.6 Å². The van der Waals surface area contributed by atoms with Gasteiger partial charge in [0.2, 0.25) is 5.91 Å². The number of benzene rings is 1. The molecule has 0 aliphatic carbocycles. The van der Waals surface area contributed by atoms with Crippen LogP contribution >= 0.6 is 0 Å². The Morgan fingerprint density at radius 1 is 1.38 bits per heavy atom. The number of carbonyl (C=O) groups excluding carboxylic acids is 2. The molecule has 0 unspecified atom stereocenters. The Kier molecular flexibility index (Phi) is 5.08. The van der Waals surface area contributed by atoms with Crippen molar-refractivity contribution in [3.05, 3.63) is 41.2 Å². The molecule has 0 aliphatic heterocycles. The number of methoxy groups -OCH3 is 1. The van der Waals surface area contributed by atoms with Crippen molar-refractivity contribution in [1.82, 2.24) is 15.1 Å². The van der Waals surface area contributed by atoms with E-state index in [1.807, 2.05) is 27.1 Å². The summed E-state index contributed by atoms with van der Waals surface area (Å²) in [7, 11) is 3.30. The van der Waals surface area contributed by atoms with Crippen LogP contribution in [-0.2, 0) is 7.05 Å². The van der Waals surface area contributed by atoms with Crippen molar-refractivity contribution in [2.45, 2.75) is 19.9 Å². The largest absolute Gasteiger partial charge is 0.495 e. The normalized spacial score (nSPS) is 11.7. The quantitative estimate of drug-likeness (QED) is 0.774. The minimum atomic E-state index is -0.583. The summed E-state index contributed by atoms with van der Waals surface area (Å²) in [6, 6.07) is 3.92. The predicted octanol–water partition coefficient (Wildman–Crippen LogP) is 1.72. The predicted molar refractivity (Wildman–Crippen MR) is 90.0 cm³/mol. The second kappa shape index (κ2) is 7.03. The van der Waals surface area contributed by atoms with Gasteiger partial charge in [-0.15, -0.1) is 0 Å². The molecule has 2 rings (SSSR count). The number of aromatic nitrogens is 2. The lowest BCUT2D eigenvalue weighted by molar-refractivity contribution is 0.1000.